The van der Waals surface area contributed by atoms with Crippen LogP contribution >= 0.6 is 0 Å². The molecule has 1 atom stereocenters. The summed E-state index contributed by atoms with van der Waals surface area (Å²) < 4.78 is 11.4. The standard InChI is InChI=1S/C24H23NO3/c26-24(23-22-9-5-4-8-20(22)14-16-28-23)25-15-17-27-21-12-10-19(11-13-21)18-6-2-1-3-7-18/h1-13,23H,14-17H2,(H,25,26). The van der Waals surface area contributed by atoms with E-state index in [0.717, 1.165) is 23.3 Å². The van der Waals surface area contributed by atoms with Crippen LogP contribution in [-0.4, -0.2) is 25.7 Å². The second kappa shape index (κ2) is 8.72. The number of nitrogens with one attached hydrogen (secondary N) is 1. The topological polar surface area (TPSA) is 47.6 Å². The van der Waals surface area contributed by atoms with Gasteiger partial charge < -0.3 is 14.8 Å². The van der Waals surface area contributed by atoms with Gasteiger partial charge in [0.25, 0.3) is 5.91 Å². The minimum absolute atomic E-state index is 0.116. The van der Waals surface area contributed by atoms with E-state index in [2.05, 4.69) is 23.5 Å². The second-order valence-corrected chi connectivity index (χ2v) is 6.73. The lowest BCUT2D eigenvalue weighted by Gasteiger charge is -2.25. The summed E-state index contributed by atoms with van der Waals surface area (Å²) in [6.45, 7) is 1.41. The minimum atomic E-state index is -0.532. The highest BCUT2D eigenvalue weighted by molar-refractivity contribution is 5.82. The Morgan fingerprint density at radius 2 is 1.64 bits per heavy atom. The molecule has 0 saturated carbocycles. The van der Waals surface area contributed by atoms with Crippen molar-refractivity contribution in [2.45, 2.75) is 12.5 Å². The lowest BCUT2D eigenvalue weighted by atomic mass is 9.97. The number of hydrogen-bond acceptors (Lipinski definition) is 3. The average molecular weight is 373 g/mol. The smallest absolute Gasteiger partial charge is 0.253 e. The van der Waals surface area contributed by atoms with Gasteiger partial charge >= 0.3 is 0 Å². The predicted molar refractivity (Wildman–Crippen MR) is 109 cm³/mol. The molecule has 4 rings (SSSR count). The van der Waals surface area contributed by atoms with Gasteiger partial charge in [-0.05, 0) is 40.8 Å². The normalized spacial score (nSPS) is 15.5. The van der Waals surface area contributed by atoms with Crippen LogP contribution in [0, 0.1) is 0 Å². The Balaban J connectivity index is 1.27. The number of hydrogen-bond donors (Lipinski definition) is 1. The molecule has 0 fully saturated rings. The Hall–Kier alpha value is -3.11. The third-order valence-electron chi connectivity index (χ3n) is 4.86. The van der Waals surface area contributed by atoms with Gasteiger partial charge in [-0.2, -0.15) is 0 Å². The van der Waals surface area contributed by atoms with Crippen LogP contribution in [0.4, 0.5) is 0 Å². The summed E-state index contributed by atoms with van der Waals surface area (Å²) >= 11 is 0. The number of fused-ring (bicyclic) bond motifs is 1. The summed E-state index contributed by atoms with van der Waals surface area (Å²) in [7, 11) is 0. The Bertz CT molecular complexity index is 922. The van der Waals surface area contributed by atoms with E-state index >= 15 is 0 Å². The molecular formula is C24H23NO3. The van der Waals surface area contributed by atoms with E-state index in [-0.39, 0.29) is 5.91 Å². The number of amides is 1. The molecule has 4 heteroatoms. The zero-order valence-corrected chi connectivity index (χ0v) is 15.6. The maximum atomic E-state index is 12.5. The molecule has 142 valence electrons. The fourth-order valence-corrected chi connectivity index (χ4v) is 3.42. The zero-order valence-electron chi connectivity index (χ0n) is 15.6. The van der Waals surface area contributed by atoms with Crippen molar-refractivity contribution in [3.05, 3.63) is 90.0 Å². The first kappa shape index (κ1) is 18.3. The zero-order chi connectivity index (χ0) is 19.2. The van der Waals surface area contributed by atoms with Gasteiger partial charge in [0.2, 0.25) is 0 Å². The predicted octanol–water partition coefficient (Wildman–Crippen LogP) is 4.16. The lowest BCUT2D eigenvalue weighted by molar-refractivity contribution is -0.134. The van der Waals surface area contributed by atoms with Crippen LogP contribution in [0.5, 0.6) is 5.75 Å². The van der Waals surface area contributed by atoms with Crippen molar-refractivity contribution in [3.8, 4) is 16.9 Å². The van der Waals surface area contributed by atoms with Crippen LogP contribution in [-0.2, 0) is 16.0 Å². The van der Waals surface area contributed by atoms with Gasteiger partial charge in [0.05, 0.1) is 13.2 Å². The van der Waals surface area contributed by atoms with Gasteiger partial charge in [-0.3, -0.25) is 4.79 Å². The maximum Gasteiger partial charge on any atom is 0.253 e. The van der Waals surface area contributed by atoms with E-state index in [1.807, 2.05) is 60.7 Å². The Labute approximate surface area is 165 Å². The molecule has 1 heterocycles. The highest BCUT2D eigenvalue weighted by Gasteiger charge is 2.26. The molecule has 3 aromatic carbocycles. The molecule has 1 N–H and O–H groups in total. The molecule has 0 saturated heterocycles. The van der Waals surface area contributed by atoms with Crippen molar-refractivity contribution in [1.29, 1.82) is 0 Å². The molecule has 0 radical (unpaired) electrons. The molecular weight excluding hydrogens is 350 g/mol. The molecule has 4 nitrogen and oxygen atoms in total. The third-order valence-corrected chi connectivity index (χ3v) is 4.86. The van der Waals surface area contributed by atoms with Gasteiger partial charge in [-0.1, -0.05) is 66.7 Å². The summed E-state index contributed by atoms with van der Waals surface area (Å²) in [6, 6.07) is 26.1. The van der Waals surface area contributed by atoms with Crippen LogP contribution in [0.3, 0.4) is 0 Å². The minimum Gasteiger partial charge on any atom is -0.492 e. The fourth-order valence-electron chi connectivity index (χ4n) is 3.42. The van der Waals surface area contributed by atoms with Crippen LogP contribution < -0.4 is 10.1 Å². The van der Waals surface area contributed by atoms with Gasteiger partial charge in [0.15, 0.2) is 6.10 Å². The monoisotopic (exact) mass is 373 g/mol. The largest absolute Gasteiger partial charge is 0.492 e. The molecule has 28 heavy (non-hydrogen) atoms. The Morgan fingerprint density at radius 1 is 0.929 bits per heavy atom. The van der Waals surface area contributed by atoms with Gasteiger partial charge in [-0.15, -0.1) is 0 Å². The van der Waals surface area contributed by atoms with Crippen molar-refractivity contribution in [2.24, 2.45) is 0 Å². The molecule has 1 amide bonds. The lowest BCUT2D eigenvalue weighted by Crippen LogP contribution is -2.35. The highest BCUT2D eigenvalue weighted by atomic mass is 16.5. The van der Waals surface area contributed by atoms with Crippen LogP contribution in [0.25, 0.3) is 11.1 Å². The summed E-state index contributed by atoms with van der Waals surface area (Å²) in [6.07, 6.45) is 0.317. The van der Waals surface area contributed by atoms with E-state index in [9.17, 15) is 4.79 Å². The molecule has 1 aliphatic heterocycles. The van der Waals surface area contributed by atoms with E-state index in [4.69, 9.17) is 9.47 Å². The molecule has 0 aliphatic carbocycles. The highest BCUT2D eigenvalue weighted by Crippen LogP contribution is 2.27. The summed E-state index contributed by atoms with van der Waals surface area (Å²) in [5.74, 6) is 0.670. The van der Waals surface area contributed by atoms with E-state index in [1.165, 1.54) is 11.1 Å². The summed E-state index contributed by atoms with van der Waals surface area (Å²) in [5, 5.41) is 2.91. The first-order valence-electron chi connectivity index (χ1n) is 9.57. The van der Waals surface area contributed by atoms with Crippen molar-refractivity contribution >= 4 is 5.91 Å². The number of carbonyl (C=O) groups excluding carboxylic acids is 1. The van der Waals surface area contributed by atoms with E-state index in [1.54, 1.807) is 0 Å². The Morgan fingerprint density at radius 3 is 2.46 bits per heavy atom. The van der Waals surface area contributed by atoms with Crippen molar-refractivity contribution < 1.29 is 14.3 Å². The molecule has 1 unspecified atom stereocenters. The van der Waals surface area contributed by atoms with Crippen molar-refractivity contribution in [1.82, 2.24) is 5.32 Å². The van der Waals surface area contributed by atoms with Crippen LogP contribution in [0.2, 0.25) is 0 Å². The summed E-state index contributed by atoms with van der Waals surface area (Å²) in [4.78, 5) is 12.5. The van der Waals surface area contributed by atoms with Gasteiger partial charge in [-0.25, -0.2) is 0 Å². The van der Waals surface area contributed by atoms with E-state index in [0.29, 0.717) is 19.8 Å². The maximum absolute atomic E-state index is 12.5. The van der Waals surface area contributed by atoms with Crippen molar-refractivity contribution in [2.75, 3.05) is 19.8 Å². The van der Waals surface area contributed by atoms with Crippen LogP contribution in [0.15, 0.2) is 78.9 Å². The molecule has 3 aromatic rings. The first-order valence-corrected chi connectivity index (χ1v) is 9.57. The van der Waals surface area contributed by atoms with Crippen LogP contribution in [0.1, 0.15) is 17.2 Å². The fraction of sp³-hybridized carbons (Fsp3) is 0.208. The first-order chi connectivity index (χ1) is 13.8. The number of ether oxygens (including phenoxy) is 2. The Kier molecular flexibility index (Phi) is 5.69. The summed E-state index contributed by atoms with van der Waals surface area (Å²) in [5.41, 5.74) is 4.47. The molecule has 1 aliphatic rings. The van der Waals surface area contributed by atoms with Gasteiger partial charge in [0.1, 0.15) is 12.4 Å². The van der Waals surface area contributed by atoms with Crippen molar-refractivity contribution in [3.63, 3.8) is 0 Å². The third kappa shape index (κ3) is 4.24. The second-order valence-electron chi connectivity index (χ2n) is 6.73. The van der Waals surface area contributed by atoms with Gasteiger partial charge in [0, 0.05) is 0 Å². The molecule has 0 aromatic heterocycles. The average Bonchev–Trinajstić information content (AvgIpc) is 2.77. The van der Waals surface area contributed by atoms with E-state index < -0.39 is 6.10 Å². The number of benzene rings is 3. The number of rotatable bonds is 6. The quantitative estimate of drug-likeness (QED) is 0.660. The SMILES string of the molecule is O=C(NCCOc1ccc(-c2ccccc2)cc1)C1OCCc2ccccc21. The number of carbonyl (C=O) groups is 1. The molecule has 0 bridgehead atoms. The molecule has 0 spiro atoms.